The molecule has 1 fully saturated rings. The fourth-order valence-corrected chi connectivity index (χ4v) is 2.79. The molecule has 5 N–H and O–H groups in total. The second-order valence-corrected chi connectivity index (χ2v) is 5.71. The van der Waals surface area contributed by atoms with Crippen LogP contribution in [-0.4, -0.2) is 64.4 Å². The number of piperazine rings is 1. The van der Waals surface area contributed by atoms with Crippen LogP contribution in [-0.2, 0) is 4.79 Å². The van der Waals surface area contributed by atoms with E-state index in [4.69, 9.17) is 11.5 Å². The minimum absolute atomic E-state index is 0.0100. The highest BCUT2D eigenvalue weighted by atomic mass is 16.2. The molecule has 2 aromatic rings. The molecular weight excluding hydrogens is 336 g/mol. The predicted octanol–water partition coefficient (Wildman–Crippen LogP) is -0.687. The fraction of sp³-hybridized carbons (Fsp3) is 0.312. The third-order valence-corrected chi connectivity index (χ3v) is 4.14. The maximum absolute atomic E-state index is 12.4. The molecule has 2 amide bonds. The molecule has 1 aliphatic heterocycles. The summed E-state index contributed by atoms with van der Waals surface area (Å²) < 4.78 is 0. The van der Waals surface area contributed by atoms with Gasteiger partial charge in [-0.1, -0.05) is 0 Å². The Labute approximate surface area is 150 Å². The van der Waals surface area contributed by atoms with Crippen LogP contribution >= 0.6 is 0 Å². The first-order valence-electron chi connectivity index (χ1n) is 8.14. The highest BCUT2D eigenvalue weighted by molar-refractivity contribution is 6.07. The number of carbonyl (C=O) groups is 2. The quantitative estimate of drug-likeness (QED) is 0.653. The van der Waals surface area contributed by atoms with Crippen molar-refractivity contribution in [1.82, 2.24) is 19.9 Å². The van der Waals surface area contributed by atoms with Gasteiger partial charge in [-0.25, -0.2) is 9.97 Å². The summed E-state index contributed by atoms with van der Waals surface area (Å²) in [5.74, 6) is -0.461. The fourth-order valence-electron chi connectivity index (χ4n) is 2.79. The Bertz CT molecular complexity index is 804. The molecule has 2 aromatic heterocycles. The molecular formula is C16H20N8O2. The lowest BCUT2D eigenvalue weighted by Crippen LogP contribution is -2.50. The normalized spacial score (nSPS) is 14.2. The van der Waals surface area contributed by atoms with Gasteiger partial charge >= 0.3 is 0 Å². The highest BCUT2D eigenvalue weighted by Gasteiger charge is 2.23. The number of aromatic nitrogens is 3. The summed E-state index contributed by atoms with van der Waals surface area (Å²) in [7, 11) is 0. The third-order valence-electron chi connectivity index (χ3n) is 4.14. The van der Waals surface area contributed by atoms with Crippen molar-refractivity contribution < 1.29 is 9.59 Å². The first-order valence-corrected chi connectivity index (χ1v) is 8.14. The van der Waals surface area contributed by atoms with E-state index in [2.05, 4.69) is 25.2 Å². The van der Waals surface area contributed by atoms with Crippen LogP contribution in [0.15, 0.2) is 30.9 Å². The summed E-state index contributed by atoms with van der Waals surface area (Å²) in [6.07, 6.45) is 6.04. The molecule has 0 radical (unpaired) electrons. The van der Waals surface area contributed by atoms with Crippen molar-refractivity contribution in [2.24, 2.45) is 5.73 Å². The van der Waals surface area contributed by atoms with Gasteiger partial charge < -0.3 is 26.6 Å². The number of hydrogen-bond donors (Lipinski definition) is 3. The average molecular weight is 356 g/mol. The lowest BCUT2D eigenvalue weighted by atomic mass is 10.2. The monoisotopic (exact) mass is 356 g/mol. The summed E-state index contributed by atoms with van der Waals surface area (Å²) >= 11 is 0. The lowest BCUT2D eigenvalue weighted by molar-refractivity contribution is -0.129. The van der Waals surface area contributed by atoms with Gasteiger partial charge in [-0.05, 0) is 6.07 Å². The zero-order chi connectivity index (χ0) is 18.5. The van der Waals surface area contributed by atoms with Gasteiger partial charge in [-0.15, -0.1) is 0 Å². The minimum Gasteiger partial charge on any atom is -0.382 e. The molecule has 0 atom stereocenters. The Balaban J connectivity index is 1.74. The van der Waals surface area contributed by atoms with Crippen LogP contribution in [0.2, 0.25) is 0 Å². The van der Waals surface area contributed by atoms with Gasteiger partial charge in [0.05, 0.1) is 24.1 Å². The molecule has 0 bridgehead atoms. The van der Waals surface area contributed by atoms with Gasteiger partial charge in [0.2, 0.25) is 5.91 Å². The van der Waals surface area contributed by atoms with Crippen LogP contribution < -0.4 is 21.7 Å². The largest absolute Gasteiger partial charge is 0.382 e. The Kier molecular flexibility index (Phi) is 5.23. The smallest absolute Gasteiger partial charge is 0.278 e. The van der Waals surface area contributed by atoms with E-state index in [1.807, 2.05) is 6.07 Å². The topological polar surface area (TPSA) is 143 Å². The molecule has 0 unspecified atom stereocenters. The predicted molar refractivity (Wildman–Crippen MR) is 96.5 cm³/mol. The van der Waals surface area contributed by atoms with E-state index in [0.717, 1.165) is 5.69 Å². The van der Waals surface area contributed by atoms with Crippen LogP contribution in [0.4, 0.5) is 17.2 Å². The molecule has 1 aliphatic rings. The van der Waals surface area contributed by atoms with Crippen molar-refractivity contribution in [3.63, 3.8) is 0 Å². The van der Waals surface area contributed by atoms with Gasteiger partial charge in [0, 0.05) is 44.8 Å². The minimum atomic E-state index is -0.457. The number of nitrogens with two attached hydrogens (primary N) is 2. The van der Waals surface area contributed by atoms with Crippen LogP contribution in [0.3, 0.4) is 0 Å². The second kappa shape index (κ2) is 7.74. The Morgan fingerprint density at radius 2 is 1.85 bits per heavy atom. The number of nitrogens with zero attached hydrogens (tertiary/aromatic N) is 5. The Hall–Kier alpha value is -3.27. The first kappa shape index (κ1) is 17.5. The van der Waals surface area contributed by atoms with Crippen molar-refractivity contribution in [2.75, 3.05) is 48.7 Å². The van der Waals surface area contributed by atoms with E-state index in [9.17, 15) is 9.59 Å². The third kappa shape index (κ3) is 3.70. The van der Waals surface area contributed by atoms with Crippen LogP contribution in [0.25, 0.3) is 0 Å². The standard InChI is InChI=1S/C16H20N8O2/c17-9-13(25)24-7-5-23(6-8-24)12-1-2-19-10-11(12)22-16(26)14-15(18)21-4-3-20-14/h1-4,10H,5-9,17H2,(H2,18,21)(H,22,26). The van der Waals surface area contributed by atoms with Crippen LogP contribution in [0.5, 0.6) is 0 Å². The zero-order valence-corrected chi connectivity index (χ0v) is 14.1. The molecule has 10 heteroatoms. The first-order chi connectivity index (χ1) is 12.6. The SMILES string of the molecule is NCC(=O)N1CCN(c2ccncc2NC(=O)c2nccnc2N)CC1. The summed E-state index contributed by atoms with van der Waals surface area (Å²) in [5, 5.41) is 2.78. The van der Waals surface area contributed by atoms with E-state index in [0.29, 0.717) is 31.9 Å². The Morgan fingerprint density at radius 3 is 2.54 bits per heavy atom. The summed E-state index contributed by atoms with van der Waals surface area (Å²) in [6, 6.07) is 1.82. The number of carbonyl (C=O) groups excluding carboxylic acids is 2. The molecule has 0 spiro atoms. The summed E-state index contributed by atoms with van der Waals surface area (Å²) in [6.45, 7) is 2.42. The summed E-state index contributed by atoms with van der Waals surface area (Å²) in [5.41, 5.74) is 12.5. The highest BCUT2D eigenvalue weighted by Crippen LogP contribution is 2.26. The van der Waals surface area contributed by atoms with E-state index < -0.39 is 5.91 Å². The average Bonchev–Trinajstić information content (AvgIpc) is 2.68. The van der Waals surface area contributed by atoms with Gasteiger partial charge in [-0.3, -0.25) is 14.6 Å². The number of amides is 2. The molecule has 10 nitrogen and oxygen atoms in total. The zero-order valence-electron chi connectivity index (χ0n) is 14.1. The number of nitrogens with one attached hydrogen (secondary N) is 1. The molecule has 1 saturated heterocycles. The van der Waals surface area contributed by atoms with Crippen LogP contribution in [0.1, 0.15) is 10.5 Å². The van der Waals surface area contributed by atoms with E-state index in [1.165, 1.54) is 12.4 Å². The maximum Gasteiger partial charge on any atom is 0.278 e. The van der Waals surface area contributed by atoms with Gasteiger partial charge in [0.15, 0.2) is 11.5 Å². The molecule has 3 rings (SSSR count). The van der Waals surface area contributed by atoms with Crippen molar-refractivity contribution in [3.8, 4) is 0 Å². The number of rotatable bonds is 4. The molecule has 136 valence electrons. The second-order valence-electron chi connectivity index (χ2n) is 5.71. The van der Waals surface area contributed by atoms with E-state index >= 15 is 0 Å². The van der Waals surface area contributed by atoms with Crippen molar-refractivity contribution >= 4 is 29.0 Å². The number of hydrogen-bond acceptors (Lipinski definition) is 8. The number of pyridine rings is 1. The Morgan fingerprint density at radius 1 is 1.12 bits per heavy atom. The molecule has 3 heterocycles. The van der Waals surface area contributed by atoms with E-state index in [-0.39, 0.29) is 24.0 Å². The van der Waals surface area contributed by atoms with Crippen molar-refractivity contribution in [1.29, 1.82) is 0 Å². The van der Waals surface area contributed by atoms with Crippen LogP contribution in [0, 0.1) is 0 Å². The van der Waals surface area contributed by atoms with Crippen molar-refractivity contribution in [3.05, 3.63) is 36.5 Å². The molecule has 26 heavy (non-hydrogen) atoms. The summed E-state index contributed by atoms with van der Waals surface area (Å²) in [4.78, 5) is 39.9. The van der Waals surface area contributed by atoms with Gasteiger partial charge in [-0.2, -0.15) is 0 Å². The lowest BCUT2D eigenvalue weighted by Gasteiger charge is -2.36. The number of anilines is 3. The maximum atomic E-state index is 12.4. The number of nitrogen functional groups attached to an aromatic ring is 1. The molecule has 0 aromatic carbocycles. The van der Waals surface area contributed by atoms with Crippen molar-refractivity contribution in [2.45, 2.75) is 0 Å². The van der Waals surface area contributed by atoms with Gasteiger partial charge in [0.1, 0.15) is 0 Å². The van der Waals surface area contributed by atoms with Gasteiger partial charge in [0.25, 0.3) is 5.91 Å². The molecule has 0 aliphatic carbocycles. The molecule has 0 saturated carbocycles. The van der Waals surface area contributed by atoms with E-state index in [1.54, 1.807) is 17.3 Å².